The van der Waals surface area contributed by atoms with Crippen LogP contribution in [-0.4, -0.2) is 28.9 Å². The van der Waals surface area contributed by atoms with Crippen molar-refractivity contribution in [2.75, 3.05) is 0 Å². The first kappa shape index (κ1) is 15.7. The standard InChI is InChI=1S/C8H7ClF8O/c1-4(10,11)3-6(14,15)8(9,17)18-7(3,16)5(2,12)13/h3H,1-2H3. The molecule has 0 aromatic rings. The Labute approximate surface area is 101 Å². The second kappa shape index (κ2) is 3.62. The molecule has 1 aliphatic rings. The van der Waals surface area contributed by atoms with Gasteiger partial charge in [-0.3, -0.25) is 4.74 Å². The van der Waals surface area contributed by atoms with Crippen molar-refractivity contribution < 1.29 is 39.9 Å². The Morgan fingerprint density at radius 2 is 1.39 bits per heavy atom. The maximum atomic E-state index is 13.7. The normalized spacial score (nSPS) is 41.2. The van der Waals surface area contributed by atoms with Gasteiger partial charge in [0.1, 0.15) is 0 Å². The molecule has 0 amide bonds. The van der Waals surface area contributed by atoms with Crippen molar-refractivity contribution in [1.82, 2.24) is 0 Å². The Balaban J connectivity index is 3.47. The SMILES string of the molecule is CC(F)(F)C1C(F)(F)C(F)(Cl)OC1(F)C(C)(F)F. The molecule has 0 spiro atoms. The van der Waals surface area contributed by atoms with Crippen LogP contribution in [-0.2, 0) is 4.74 Å². The zero-order valence-corrected chi connectivity index (χ0v) is 9.64. The number of halogens is 9. The fourth-order valence-electron chi connectivity index (χ4n) is 1.70. The van der Waals surface area contributed by atoms with Crippen LogP contribution in [0.2, 0.25) is 0 Å². The van der Waals surface area contributed by atoms with Crippen molar-refractivity contribution >= 4 is 11.6 Å². The first-order valence-electron chi connectivity index (χ1n) is 4.48. The van der Waals surface area contributed by atoms with Gasteiger partial charge in [0.2, 0.25) is 0 Å². The minimum atomic E-state index is -5.35. The highest BCUT2D eigenvalue weighted by Gasteiger charge is 2.86. The largest absolute Gasteiger partial charge is 0.354 e. The van der Waals surface area contributed by atoms with Gasteiger partial charge in [-0.15, -0.1) is 0 Å². The van der Waals surface area contributed by atoms with Crippen LogP contribution in [0.25, 0.3) is 0 Å². The van der Waals surface area contributed by atoms with Crippen LogP contribution in [0.3, 0.4) is 0 Å². The lowest BCUT2D eigenvalue weighted by Gasteiger charge is -2.34. The molecule has 0 bridgehead atoms. The molecule has 0 radical (unpaired) electrons. The molecule has 0 saturated carbocycles. The molecule has 18 heavy (non-hydrogen) atoms. The van der Waals surface area contributed by atoms with E-state index in [1.807, 2.05) is 0 Å². The Hall–Kier alpha value is -0.310. The molecule has 108 valence electrons. The summed E-state index contributed by atoms with van der Waals surface area (Å²) in [6, 6.07) is 0. The van der Waals surface area contributed by atoms with Gasteiger partial charge in [0.05, 0.1) is 0 Å². The maximum Gasteiger partial charge on any atom is 0.354 e. The lowest BCUT2D eigenvalue weighted by Crippen LogP contribution is -2.56. The highest BCUT2D eigenvalue weighted by Crippen LogP contribution is 2.64. The summed E-state index contributed by atoms with van der Waals surface area (Å²) in [5.41, 5.74) is 0. The molecule has 1 rings (SSSR count). The average Bonchev–Trinajstić information content (AvgIpc) is 2.09. The molecule has 10 heteroatoms. The van der Waals surface area contributed by atoms with E-state index in [2.05, 4.69) is 16.3 Å². The summed E-state index contributed by atoms with van der Waals surface area (Å²) in [7, 11) is 0. The van der Waals surface area contributed by atoms with Gasteiger partial charge in [-0.05, 0) is 11.6 Å². The van der Waals surface area contributed by atoms with Crippen molar-refractivity contribution in [1.29, 1.82) is 0 Å². The average molecular weight is 307 g/mol. The fraction of sp³-hybridized carbons (Fsp3) is 1.00. The zero-order valence-electron chi connectivity index (χ0n) is 8.89. The first-order chi connectivity index (χ1) is 7.57. The lowest BCUT2D eigenvalue weighted by molar-refractivity contribution is -0.315. The van der Waals surface area contributed by atoms with E-state index in [9.17, 15) is 35.1 Å². The first-order valence-corrected chi connectivity index (χ1v) is 4.85. The molecule has 0 aromatic heterocycles. The summed E-state index contributed by atoms with van der Waals surface area (Å²) in [6.07, 6.45) is 0. The fourth-order valence-corrected chi connectivity index (χ4v) is 1.92. The van der Waals surface area contributed by atoms with Crippen molar-refractivity contribution in [2.24, 2.45) is 5.92 Å². The minimum absolute atomic E-state index is 0.257. The highest BCUT2D eigenvalue weighted by molar-refractivity contribution is 6.22. The van der Waals surface area contributed by atoms with Crippen LogP contribution in [0.4, 0.5) is 35.1 Å². The third-order valence-corrected chi connectivity index (χ3v) is 2.83. The van der Waals surface area contributed by atoms with Crippen molar-refractivity contribution in [3.63, 3.8) is 0 Å². The summed E-state index contributed by atoms with van der Waals surface area (Å²) in [5.74, 6) is -23.9. The minimum Gasteiger partial charge on any atom is -0.285 e. The van der Waals surface area contributed by atoms with E-state index in [1.165, 1.54) is 0 Å². The number of rotatable bonds is 2. The van der Waals surface area contributed by atoms with Crippen LogP contribution >= 0.6 is 11.6 Å². The number of alkyl halides is 9. The molecule has 1 aliphatic heterocycles. The van der Waals surface area contributed by atoms with Crippen LogP contribution in [0.5, 0.6) is 0 Å². The zero-order chi connectivity index (χ0) is 14.8. The van der Waals surface area contributed by atoms with E-state index in [-0.39, 0.29) is 13.8 Å². The Morgan fingerprint density at radius 3 is 1.61 bits per heavy atom. The van der Waals surface area contributed by atoms with Gasteiger partial charge in [-0.2, -0.15) is 13.2 Å². The van der Waals surface area contributed by atoms with Gasteiger partial charge in [0.25, 0.3) is 11.8 Å². The monoisotopic (exact) mass is 306 g/mol. The number of hydrogen-bond donors (Lipinski definition) is 0. The molecule has 1 heterocycles. The molecular weight excluding hydrogens is 300 g/mol. The van der Waals surface area contributed by atoms with Crippen LogP contribution in [0.15, 0.2) is 0 Å². The molecule has 0 aromatic carbocycles. The molecule has 1 nitrogen and oxygen atoms in total. The van der Waals surface area contributed by atoms with Gasteiger partial charge < -0.3 is 0 Å². The predicted molar refractivity (Wildman–Crippen MR) is 44.3 cm³/mol. The molecule has 3 atom stereocenters. The number of ether oxygens (including phenoxy) is 1. The van der Waals surface area contributed by atoms with Crippen LogP contribution in [0, 0.1) is 5.92 Å². The van der Waals surface area contributed by atoms with E-state index >= 15 is 0 Å². The van der Waals surface area contributed by atoms with Gasteiger partial charge in [0, 0.05) is 13.8 Å². The molecule has 0 aliphatic carbocycles. The molecular formula is C8H7ClF8O. The quantitative estimate of drug-likeness (QED) is 0.551. The Bertz CT molecular complexity index is 346. The summed E-state index contributed by atoms with van der Waals surface area (Å²) < 4.78 is 108. The summed E-state index contributed by atoms with van der Waals surface area (Å²) in [6.45, 7) is -0.548. The van der Waals surface area contributed by atoms with E-state index in [0.717, 1.165) is 0 Å². The predicted octanol–water partition coefficient (Wildman–Crippen LogP) is 4.11. The van der Waals surface area contributed by atoms with Gasteiger partial charge in [0.15, 0.2) is 5.92 Å². The smallest absolute Gasteiger partial charge is 0.285 e. The summed E-state index contributed by atoms with van der Waals surface area (Å²) >= 11 is 4.40. The summed E-state index contributed by atoms with van der Waals surface area (Å²) in [4.78, 5) is 0. The Morgan fingerprint density at radius 1 is 1.00 bits per heavy atom. The third-order valence-electron chi connectivity index (χ3n) is 2.50. The van der Waals surface area contributed by atoms with Crippen molar-refractivity contribution in [3.05, 3.63) is 0 Å². The van der Waals surface area contributed by atoms with Gasteiger partial charge in [-0.1, -0.05) is 0 Å². The van der Waals surface area contributed by atoms with Crippen LogP contribution < -0.4 is 0 Å². The third kappa shape index (κ3) is 1.95. The van der Waals surface area contributed by atoms with E-state index in [0.29, 0.717) is 0 Å². The Kier molecular flexibility index (Phi) is 3.17. The molecule has 1 fully saturated rings. The van der Waals surface area contributed by atoms with E-state index in [4.69, 9.17) is 0 Å². The number of hydrogen-bond acceptors (Lipinski definition) is 1. The van der Waals surface area contributed by atoms with E-state index in [1.54, 1.807) is 0 Å². The topological polar surface area (TPSA) is 9.23 Å². The molecule has 3 unspecified atom stereocenters. The summed E-state index contributed by atoms with van der Waals surface area (Å²) in [5, 5.41) is -4.79. The maximum absolute atomic E-state index is 13.7. The van der Waals surface area contributed by atoms with Crippen molar-refractivity contribution in [3.8, 4) is 0 Å². The van der Waals surface area contributed by atoms with Gasteiger partial charge in [-0.25, -0.2) is 22.0 Å². The van der Waals surface area contributed by atoms with Crippen molar-refractivity contribution in [2.45, 2.75) is 42.8 Å². The van der Waals surface area contributed by atoms with Crippen LogP contribution in [0.1, 0.15) is 13.8 Å². The second-order valence-electron chi connectivity index (χ2n) is 4.16. The second-order valence-corrected chi connectivity index (χ2v) is 4.65. The highest BCUT2D eigenvalue weighted by atomic mass is 35.5. The van der Waals surface area contributed by atoms with E-state index < -0.39 is 34.9 Å². The lowest BCUT2D eigenvalue weighted by atomic mass is 9.86. The van der Waals surface area contributed by atoms with Gasteiger partial charge >= 0.3 is 17.2 Å². The molecule has 0 N–H and O–H groups in total. The molecule has 1 saturated heterocycles.